The number of carbonyl (C=O) groups excluding carboxylic acids is 2. The summed E-state index contributed by atoms with van der Waals surface area (Å²) in [7, 11) is 14.8. The largest absolute Gasteiger partial charge is 0.340 e. The Hall–Kier alpha value is -3.18. The fraction of sp³-hybridized carbons (Fsp3) is 0.333. The summed E-state index contributed by atoms with van der Waals surface area (Å²) in [6.45, 7) is 2.87. The molecule has 0 aliphatic heterocycles. The van der Waals surface area contributed by atoms with Crippen LogP contribution in [0.5, 0.6) is 0 Å². The van der Waals surface area contributed by atoms with Crippen LogP contribution >= 0.6 is 21.6 Å². The molecule has 0 saturated heterocycles. The second-order valence-electron chi connectivity index (χ2n) is 10.2. The van der Waals surface area contributed by atoms with Crippen molar-refractivity contribution in [2.24, 2.45) is 0 Å². The number of pyridine rings is 2. The quantitative estimate of drug-likeness (QED) is 0.235. The Bertz CT molecular complexity index is 1400. The maximum atomic E-state index is 13.2. The van der Waals surface area contributed by atoms with E-state index in [1.807, 2.05) is 78.7 Å². The van der Waals surface area contributed by atoms with E-state index >= 15 is 0 Å². The van der Waals surface area contributed by atoms with E-state index in [1.165, 1.54) is 0 Å². The zero-order valence-corrected chi connectivity index (χ0v) is 25.6. The number of para-hydroxylation sites is 2. The molecule has 0 unspecified atom stereocenters. The van der Waals surface area contributed by atoms with Crippen LogP contribution in [0, 0.1) is 0 Å². The first kappa shape index (κ1) is 29.8. The van der Waals surface area contributed by atoms with E-state index in [9.17, 15) is 9.59 Å². The van der Waals surface area contributed by atoms with Gasteiger partial charge < -0.3 is 19.6 Å². The summed E-state index contributed by atoms with van der Waals surface area (Å²) in [4.78, 5) is 45.3. The van der Waals surface area contributed by atoms with Gasteiger partial charge in [0.1, 0.15) is 0 Å². The van der Waals surface area contributed by atoms with Crippen LogP contribution in [0.25, 0.3) is 21.8 Å². The van der Waals surface area contributed by atoms with Crippen molar-refractivity contribution in [3.05, 3.63) is 72.1 Å². The molecule has 8 nitrogen and oxygen atoms in total. The lowest BCUT2D eigenvalue weighted by atomic mass is 10.1. The number of benzene rings is 2. The van der Waals surface area contributed by atoms with Gasteiger partial charge in [-0.05, 0) is 52.5 Å². The van der Waals surface area contributed by atoms with E-state index in [0.29, 0.717) is 24.2 Å². The minimum atomic E-state index is -0.0185. The van der Waals surface area contributed by atoms with Crippen LogP contribution in [0.2, 0.25) is 0 Å². The molecule has 2 aromatic heterocycles. The Morgan fingerprint density at radius 2 is 1.00 bits per heavy atom. The Balaban J connectivity index is 1.59. The van der Waals surface area contributed by atoms with Crippen LogP contribution in [0.15, 0.2) is 70.7 Å². The van der Waals surface area contributed by atoms with Crippen LogP contribution in [0.3, 0.4) is 0 Å². The molecular formula is C30H36N6O2S2. The van der Waals surface area contributed by atoms with E-state index < -0.39 is 0 Å². The number of fused-ring (bicyclic) bond motifs is 2. The maximum Gasteiger partial charge on any atom is 0.254 e. The third kappa shape index (κ3) is 6.93. The van der Waals surface area contributed by atoms with Gasteiger partial charge in [0, 0.05) is 73.2 Å². The van der Waals surface area contributed by atoms with Gasteiger partial charge in [-0.1, -0.05) is 45.9 Å². The van der Waals surface area contributed by atoms with Gasteiger partial charge in [0.05, 0.1) is 22.2 Å². The zero-order chi connectivity index (χ0) is 28.8. The average molecular weight is 577 g/mol. The van der Waals surface area contributed by atoms with Gasteiger partial charge in [0.15, 0.2) is 0 Å². The summed E-state index contributed by atoms with van der Waals surface area (Å²) >= 11 is 0. The van der Waals surface area contributed by atoms with Crippen molar-refractivity contribution in [2.45, 2.75) is 9.79 Å². The smallest absolute Gasteiger partial charge is 0.254 e. The molecule has 0 N–H and O–H groups in total. The fourth-order valence-corrected chi connectivity index (χ4v) is 6.49. The molecular weight excluding hydrogens is 541 g/mol. The van der Waals surface area contributed by atoms with Crippen LogP contribution in [-0.2, 0) is 0 Å². The van der Waals surface area contributed by atoms with Gasteiger partial charge in [-0.3, -0.25) is 19.6 Å². The highest BCUT2D eigenvalue weighted by Gasteiger charge is 2.19. The minimum absolute atomic E-state index is 0.0185. The summed E-state index contributed by atoms with van der Waals surface area (Å²) < 4.78 is 0. The molecule has 2 aromatic carbocycles. The number of hydrogen-bond donors (Lipinski definition) is 0. The highest BCUT2D eigenvalue weighted by molar-refractivity contribution is 8.76. The van der Waals surface area contributed by atoms with Crippen molar-refractivity contribution >= 4 is 55.2 Å². The molecule has 2 amide bonds. The summed E-state index contributed by atoms with van der Waals surface area (Å²) in [5, 5.41) is 1.67. The predicted molar refractivity (Wildman–Crippen MR) is 166 cm³/mol. The predicted octanol–water partition coefficient (Wildman–Crippen LogP) is 4.85. The van der Waals surface area contributed by atoms with Crippen molar-refractivity contribution in [3.8, 4) is 0 Å². The van der Waals surface area contributed by atoms with Crippen molar-refractivity contribution in [3.63, 3.8) is 0 Å². The van der Waals surface area contributed by atoms with Gasteiger partial charge in [0.25, 0.3) is 11.8 Å². The molecule has 0 radical (unpaired) electrons. The maximum absolute atomic E-state index is 13.2. The first-order valence-electron chi connectivity index (χ1n) is 13.1. The van der Waals surface area contributed by atoms with E-state index in [2.05, 4.69) is 19.8 Å². The summed E-state index contributed by atoms with van der Waals surface area (Å²) in [6.07, 6.45) is 3.41. The third-order valence-corrected chi connectivity index (χ3v) is 9.04. The van der Waals surface area contributed by atoms with Crippen LogP contribution in [0.1, 0.15) is 20.7 Å². The number of rotatable bonds is 11. The van der Waals surface area contributed by atoms with E-state index in [4.69, 9.17) is 0 Å². The highest BCUT2D eigenvalue weighted by Crippen LogP contribution is 2.42. The van der Waals surface area contributed by atoms with E-state index in [1.54, 1.807) is 55.9 Å². The molecule has 10 heteroatoms. The van der Waals surface area contributed by atoms with Crippen molar-refractivity contribution in [1.82, 2.24) is 29.6 Å². The van der Waals surface area contributed by atoms with Gasteiger partial charge in [-0.2, -0.15) is 0 Å². The number of nitrogens with zero attached hydrogens (tertiary/aromatic N) is 6. The first-order chi connectivity index (χ1) is 19.2. The minimum Gasteiger partial charge on any atom is -0.340 e. The molecule has 0 fully saturated rings. The van der Waals surface area contributed by atoms with Gasteiger partial charge in [-0.25, -0.2) is 0 Å². The van der Waals surface area contributed by atoms with Gasteiger partial charge >= 0.3 is 0 Å². The molecule has 210 valence electrons. The molecule has 0 aliphatic carbocycles. The molecule has 0 atom stereocenters. The third-order valence-electron chi connectivity index (χ3n) is 6.61. The van der Waals surface area contributed by atoms with Crippen molar-refractivity contribution in [2.75, 3.05) is 68.5 Å². The molecule has 4 rings (SSSR count). The summed E-state index contributed by atoms with van der Waals surface area (Å²) in [6, 6.07) is 15.5. The Morgan fingerprint density at radius 1 is 0.600 bits per heavy atom. The molecule has 0 saturated carbocycles. The molecule has 0 aliphatic rings. The first-order valence-corrected chi connectivity index (χ1v) is 15.2. The lowest BCUT2D eigenvalue weighted by Gasteiger charge is -2.20. The SMILES string of the molecule is CN(C)CCN(C)C(=O)c1ccnc2c(SSc3cccc4c(C(=O)N(C)CCN(C)C)ccnc34)cccc12. The lowest BCUT2D eigenvalue weighted by Crippen LogP contribution is -2.33. The monoisotopic (exact) mass is 576 g/mol. The second-order valence-corrected chi connectivity index (χ2v) is 12.5. The number of hydrogen-bond acceptors (Lipinski definition) is 8. The van der Waals surface area contributed by atoms with Gasteiger partial charge in [-0.15, -0.1) is 0 Å². The topological polar surface area (TPSA) is 72.9 Å². The lowest BCUT2D eigenvalue weighted by molar-refractivity contribution is 0.0780. The van der Waals surface area contributed by atoms with Gasteiger partial charge in [0.2, 0.25) is 0 Å². The molecule has 2 heterocycles. The number of likely N-dealkylation sites (N-methyl/N-ethyl adjacent to an activating group) is 4. The van der Waals surface area contributed by atoms with Crippen LogP contribution < -0.4 is 0 Å². The summed E-state index contributed by atoms with van der Waals surface area (Å²) in [5.74, 6) is -0.0369. The van der Waals surface area contributed by atoms with Crippen LogP contribution in [0.4, 0.5) is 0 Å². The normalized spacial score (nSPS) is 11.5. The zero-order valence-electron chi connectivity index (χ0n) is 23.9. The number of amides is 2. The Morgan fingerprint density at radius 3 is 1.38 bits per heavy atom. The van der Waals surface area contributed by atoms with Crippen molar-refractivity contribution < 1.29 is 9.59 Å². The molecule has 4 aromatic rings. The molecule has 40 heavy (non-hydrogen) atoms. The molecule has 0 bridgehead atoms. The summed E-state index contributed by atoms with van der Waals surface area (Å²) in [5.41, 5.74) is 2.87. The number of aromatic nitrogens is 2. The highest BCUT2D eigenvalue weighted by atomic mass is 33.1. The second kappa shape index (κ2) is 13.5. The molecule has 0 spiro atoms. The Labute approximate surface area is 244 Å². The average Bonchev–Trinajstić information content (AvgIpc) is 2.96. The Kier molecular flexibility index (Phi) is 10.0. The number of carbonyl (C=O) groups is 2. The van der Waals surface area contributed by atoms with Crippen LogP contribution in [-0.4, -0.2) is 110 Å². The van der Waals surface area contributed by atoms with E-state index in [-0.39, 0.29) is 11.8 Å². The fourth-order valence-electron chi connectivity index (χ4n) is 4.21. The van der Waals surface area contributed by atoms with Crippen molar-refractivity contribution in [1.29, 1.82) is 0 Å². The standard InChI is InChI=1S/C30H36N6O2S2/c1-33(2)17-19-35(5)29(37)23-13-15-31-27-21(23)9-7-11-25(27)39-40-26-12-8-10-22-24(14-16-32-28(22)26)30(38)36(6)20-18-34(3)4/h7-16H,17-20H2,1-6H3. The van der Waals surface area contributed by atoms with E-state index in [0.717, 1.165) is 44.7 Å².